The van der Waals surface area contributed by atoms with E-state index in [9.17, 15) is 4.79 Å². The molecule has 2 aromatic heterocycles. The molecule has 0 fully saturated rings. The van der Waals surface area contributed by atoms with Gasteiger partial charge in [-0.15, -0.1) is 0 Å². The highest BCUT2D eigenvalue weighted by Gasteiger charge is 2.17. The van der Waals surface area contributed by atoms with Gasteiger partial charge in [0.2, 0.25) is 11.7 Å². The molecule has 8 heteroatoms. The standard InChI is InChI=1S/C19H19N3O5/c1-12(19(23)24)9-17-21-18(22-27-17)16-8-7-15(10-20-16)26-11-13-3-5-14(25-2)6-4-13/h3-8,10,12H,9,11H2,1-2H3,(H,23,24). The normalized spacial score (nSPS) is 11.8. The molecule has 0 radical (unpaired) electrons. The Kier molecular flexibility index (Phi) is 5.65. The van der Waals surface area contributed by atoms with Crippen LogP contribution >= 0.6 is 0 Å². The number of hydrogen-bond donors (Lipinski definition) is 1. The van der Waals surface area contributed by atoms with E-state index in [4.69, 9.17) is 19.1 Å². The van der Waals surface area contributed by atoms with Crippen LogP contribution in [-0.4, -0.2) is 33.3 Å². The molecule has 8 nitrogen and oxygen atoms in total. The second-order valence-corrected chi connectivity index (χ2v) is 5.97. The van der Waals surface area contributed by atoms with Crippen LogP contribution < -0.4 is 9.47 Å². The lowest BCUT2D eigenvalue weighted by atomic mass is 10.1. The molecule has 140 valence electrons. The highest BCUT2D eigenvalue weighted by atomic mass is 16.5. The largest absolute Gasteiger partial charge is 0.497 e. The number of carboxylic acids is 1. The molecule has 1 unspecified atom stereocenters. The third-order valence-corrected chi connectivity index (χ3v) is 3.90. The molecule has 27 heavy (non-hydrogen) atoms. The maximum absolute atomic E-state index is 10.9. The number of benzene rings is 1. The number of pyridine rings is 1. The van der Waals surface area contributed by atoms with E-state index in [2.05, 4.69) is 15.1 Å². The molecule has 0 aliphatic rings. The Bertz CT molecular complexity index is 890. The van der Waals surface area contributed by atoms with Crippen LogP contribution in [0, 0.1) is 5.92 Å². The Balaban J connectivity index is 1.59. The maximum atomic E-state index is 10.9. The van der Waals surface area contributed by atoms with Crippen LogP contribution in [-0.2, 0) is 17.8 Å². The van der Waals surface area contributed by atoms with Gasteiger partial charge in [-0.05, 0) is 29.8 Å². The van der Waals surface area contributed by atoms with Crippen molar-refractivity contribution < 1.29 is 23.9 Å². The van der Waals surface area contributed by atoms with Gasteiger partial charge in [-0.1, -0.05) is 24.2 Å². The first-order valence-corrected chi connectivity index (χ1v) is 8.32. The molecule has 0 amide bonds. The summed E-state index contributed by atoms with van der Waals surface area (Å²) < 4.78 is 15.9. The molecule has 0 aliphatic heterocycles. The lowest BCUT2D eigenvalue weighted by Gasteiger charge is -2.07. The zero-order valence-corrected chi connectivity index (χ0v) is 15.0. The molecular weight excluding hydrogens is 350 g/mol. The second-order valence-electron chi connectivity index (χ2n) is 5.97. The van der Waals surface area contributed by atoms with Gasteiger partial charge in [0.05, 0.1) is 19.2 Å². The monoisotopic (exact) mass is 369 g/mol. The average molecular weight is 369 g/mol. The minimum absolute atomic E-state index is 0.172. The molecule has 3 rings (SSSR count). The van der Waals surface area contributed by atoms with Gasteiger partial charge in [0.15, 0.2) is 0 Å². The van der Waals surface area contributed by atoms with Gasteiger partial charge in [0.1, 0.15) is 23.8 Å². The number of carbonyl (C=O) groups is 1. The Morgan fingerprint density at radius 1 is 1.19 bits per heavy atom. The summed E-state index contributed by atoms with van der Waals surface area (Å²) in [7, 11) is 1.62. The van der Waals surface area contributed by atoms with Crippen LogP contribution in [0.15, 0.2) is 47.1 Å². The van der Waals surface area contributed by atoms with Crippen molar-refractivity contribution in [3.63, 3.8) is 0 Å². The van der Waals surface area contributed by atoms with Crippen LogP contribution in [0.2, 0.25) is 0 Å². The number of nitrogens with zero attached hydrogens (tertiary/aromatic N) is 3. The van der Waals surface area contributed by atoms with Gasteiger partial charge in [-0.25, -0.2) is 4.98 Å². The van der Waals surface area contributed by atoms with E-state index < -0.39 is 11.9 Å². The molecular formula is C19H19N3O5. The summed E-state index contributed by atoms with van der Waals surface area (Å²) in [5.41, 5.74) is 1.53. The number of ether oxygens (including phenoxy) is 2. The van der Waals surface area contributed by atoms with E-state index in [1.807, 2.05) is 24.3 Å². The van der Waals surface area contributed by atoms with Crippen molar-refractivity contribution >= 4 is 5.97 Å². The second kappa shape index (κ2) is 8.31. The first-order chi connectivity index (χ1) is 13.0. The smallest absolute Gasteiger partial charge is 0.306 e. The molecule has 1 atom stereocenters. The van der Waals surface area contributed by atoms with Crippen LogP contribution in [0.3, 0.4) is 0 Å². The minimum Gasteiger partial charge on any atom is -0.497 e. The fraction of sp³-hybridized carbons (Fsp3) is 0.263. The Morgan fingerprint density at radius 2 is 1.93 bits per heavy atom. The van der Waals surface area contributed by atoms with E-state index in [1.165, 1.54) is 0 Å². The third kappa shape index (κ3) is 4.81. The van der Waals surface area contributed by atoms with Crippen LogP contribution in [0.4, 0.5) is 0 Å². The Morgan fingerprint density at radius 3 is 2.56 bits per heavy atom. The first kappa shape index (κ1) is 18.4. The molecule has 0 bridgehead atoms. The fourth-order valence-electron chi connectivity index (χ4n) is 2.28. The number of aliphatic carboxylic acids is 1. The predicted molar refractivity (Wildman–Crippen MR) is 95.4 cm³/mol. The van der Waals surface area contributed by atoms with E-state index in [0.29, 0.717) is 23.9 Å². The number of aromatic nitrogens is 3. The summed E-state index contributed by atoms with van der Waals surface area (Å²) in [5, 5.41) is 12.8. The summed E-state index contributed by atoms with van der Waals surface area (Å²) in [4.78, 5) is 19.3. The van der Waals surface area contributed by atoms with Gasteiger partial charge in [0.25, 0.3) is 0 Å². The van der Waals surface area contributed by atoms with Crippen molar-refractivity contribution in [2.75, 3.05) is 7.11 Å². The summed E-state index contributed by atoms with van der Waals surface area (Å²) in [6, 6.07) is 11.1. The van der Waals surface area contributed by atoms with Crippen molar-refractivity contribution in [3.8, 4) is 23.0 Å². The summed E-state index contributed by atoms with van der Waals surface area (Å²) in [5.74, 6) is 0.469. The molecule has 0 saturated heterocycles. The highest BCUT2D eigenvalue weighted by Crippen LogP contribution is 2.19. The molecule has 1 aromatic carbocycles. The fourth-order valence-corrected chi connectivity index (χ4v) is 2.28. The maximum Gasteiger partial charge on any atom is 0.306 e. The SMILES string of the molecule is COc1ccc(COc2ccc(-c3noc(CC(C)C(=O)O)n3)nc2)cc1. The highest BCUT2D eigenvalue weighted by molar-refractivity contribution is 5.69. The quantitative estimate of drug-likeness (QED) is 0.646. The van der Waals surface area contributed by atoms with Gasteiger partial charge < -0.3 is 19.1 Å². The van der Waals surface area contributed by atoms with Crippen molar-refractivity contribution in [2.24, 2.45) is 5.92 Å². The topological polar surface area (TPSA) is 108 Å². The number of hydrogen-bond acceptors (Lipinski definition) is 7. The van der Waals surface area contributed by atoms with Crippen molar-refractivity contribution in [2.45, 2.75) is 20.0 Å². The Labute approximate surface area is 155 Å². The summed E-state index contributed by atoms with van der Waals surface area (Å²) in [6.07, 6.45) is 1.75. The lowest BCUT2D eigenvalue weighted by molar-refractivity contribution is -0.141. The Hall–Kier alpha value is -3.42. The van der Waals surface area contributed by atoms with Crippen molar-refractivity contribution in [1.29, 1.82) is 0 Å². The lowest BCUT2D eigenvalue weighted by Crippen LogP contribution is -2.12. The van der Waals surface area contributed by atoms with Gasteiger partial charge in [-0.3, -0.25) is 4.79 Å². The summed E-state index contributed by atoms with van der Waals surface area (Å²) >= 11 is 0. The molecule has 0 spiro atoms. The number of methoxy groups -OCH3 is 1. The number of carboxylic acid groups (broad SMARTS) is 1. The average Bonchev–Trinajstić information content (AvgIpc) is 3.15. The molecule has 0 saturated carbocycles. The van der Waals surface area contributed by atoms with E-state index in [-0.39, 0.29) is 12.3 Å². The predicted octanol–water partition coefficient (Wildman–Crippen LogP) is 2.98. The molecule has 3 aromatic rings. The number of rotatable bonds is 8. The van der Waals surface area contributed by atoms with Crippen LogP contribution in [0.25, 0.3) is 11.5 Å². The van der Waals surface area contributed by atoms with Gasteiger partial charge in [-0.2, -0.15) is 4.98 Å². The molecule has 1 N–H and O–H groups in total. The minimum atomic E-state index is -0.911. The third-order valence-electron chi connectivity index (χ3n) is 3.90. The first-order valence-electron chi connectivity index (χ1n) is 8.32. The van der Waals surface area contributed by atoms with Crippen LogP contribution in [0.5, 0.6) is 11.5 Å². The van der Waals surface area contributed by atoms with E-state index in [0.717, 1.165) is 11.3 Å². The zero-order chi connectivity index (χ0) is 19.2. The summed E-state index contributed by atoms with van der Waals surface area (Å²) in [6.45, 7) is 1.99. The molecule has 2 heterocycles. The van der Waals surface area contributed by atoms with Gasteiger partial charge >= 0.3 is 5.97 Å². The van der Waals surface area contributed by atoms with E-state index >= 15 is 0 Å². The zero-order valence-electron chi connectivity index (χ0n) is 15.0. The van der Waals surface area contributed by atoms with Crippen LogP contribution in [0.1, 0.15) is 18.4 Å². The van der Waals surface area contributed by atoms with Crippen molar-refractivity contribution in [3.05, 3.63) is 54.0 Å². The van der Waals surface area contributed by atoms with E-state index in [1.54, 1.807) is 32.4 Å². The van der Waals surface area contributed by atoms with Crippen molar-refractivity contribution in [1.82, 2.24) is 15.1 Å². The molecule has 0 aliphatic carbocycles. The van der Waals surface area contributed by atoms with Gasteiger partial charge in [0, 0.05) is 6.42 Å².